The van der Waals surface area contributed by atoms with Gasteiger partial charge in [-0.15, -0.1) is 0 Å². The van der Waals surface area contributed by atoms with Crippen molar-refractivity contribution in [2.45, 2.75) is 19.3 Å². The van der Waals surface area contributed by atoms with Gasteiger partial charge in [-0.2, -0.15) is 0 Å². The van der Waals surface area contributed by atoms with Crippen molar-refractivity contribution >= 4 is 5.78 Å². The van der Waals surface area contributed by atoms with Crippen molar-refractivity contribution in [3.8, 4) is 11.5 Å². The number of Topliss-reactive ketones (excluding diaryl/α,β-unsaturated/α-hetero) is 1. The molecule has 0 spiro atoms. The van der Waals surface area contributed by atoms with E-state index in [9.17, 15) is 4.79 Å². The van der Waals surface area contributed by atoms with Gasteiger partial charge in [0.2, 0.25) is 0 Å². The summed E-state index contributed by atoms with van der Waals surface area (Å²) in [5, 5.41) is 0. The molecule has 1 heterocycles. The van der Waals surface area contributed by atoms with Crippen LogP contribution < -0.4 is 9.47 Å². The van der Waals surface area contributed by atoms with E-state index in [1.54, 1.807) is 25.3 Å². The Morgan fingerprint density at radius 3 is 2.67 bits per heavy atom. The Morgan fingerprint density at radius 1 is 1.19 bits per heavy atom. The van der Waals surface area contributed by atoms with Crippen molar-refractivity contribution in [3.63, 3.8) is 0 Å². The van der Waals surface area contributed by atoms with Gasteiger partial charge in [0.25, 0.3) is 0 Å². The number of rotatable bonds is 2. The Balaban J connectivity index is 2.08. The molecule has 1 atom stereocenters. The van der Waals surface area contributed by atoms with Gasteiger partial charge < -0.3 is 9.47 Å². The molecule has 0 aliphatic carbocycles. The molecule has 0 aromatic heterocycles. The average molecular weight is 282 g/mol. The third-order valence-electron chi connectivity index (χ3n) is 4.19. The van der Waals surface area contributed by atoms with E-state index in [0.29, 0.717) is 23.7 Å². The maximum Gasteiger partial charge on any atom is 0.180 e. The topological polar surface area (TPSA) is 35.5 Å². The normalized spacial score (nSPS) is 20.6. The van der Waals surface area contributed by atoms with E-state index < -0.39 is 5.41 Å². The molecule has 0 saturated heterocycles. The number of carbonyl (C=O) groups excluding carboxylic acids is 1. The largest absolute Gasteiger partial charge is 0.497 e. The highest BCUT2D eigenvalue weighted by Gasteiger charge is 2.42. The van der Waals surface area contributed by atoms with Crippen molar-refractivity contribution in [2.24, 2.45) is 0 Å². The molecule has 108 valence electrons. The second-order valence-corrected chi connectivity index (χ2v) is 5.63. The quantitative estimate of drug-likeness (QED) is 0.845. The van der Waals surface area contributed by atoms with E-state index in [2.05, 4.69) is 0 Å². The molecule has 0 N–H and O–H groups in total. The van der Waals surface area contributed by atoms with E-state index >= 15 is 0 Å². The summed E-state index contributed by atoms with van der Waals surface area (Å²) in [4.78, 5) is 13.0. The van der Waals surface area contributed by atoms with Gasteiger partial charge in [-0.1, -0.05) is 24.3 Å². The number of ether oxygens (including phenoxy) is 2. The van der Waals surface area contributed by atoms with E-state index in [4.69, 9.17) is 9.47 Å². The number of ketones is 1. The first-order chi connectivity index (χ1) is 10.1. The lowest BCUT2D eigenvalue weighted by molar-refractivity contribution is 0.0790. The second kappa shape index (κ2) is 4.92. The fraction of sp³-hybridized carbons (Fsp3) is 0.278. The highest BCUT2D eigenvalue weighted by Crippen LogP contribution is 2.39. The summed E-state index contributed by atoms with van der Waals surface area (Å²) in [6.07, 6.45) is 0. The van der Waals surface area contributed by atoms with Crippen LogP contribution in [0.2, 0.25) is 0 Å². The smallest absolute Gasteiger partial charge is 0.180 e. The molecule has 0 radical (unpaired) electrons. The van der Waals surface area contributed by atoms with E-state index in [-0.39, 0.29) is 5.78 Å². The number of methoxy groups -OCH3 is 1. The Kier molecular flexibility index (Phi) is 3.20. The minimum Gasteiger partial charge on any atom is -0.497 e. The van der Waals surface area contributed by atoms with Crippen LogP contribution in [-0.2, 0) is 5.41 Å². The second-order valence-electron chi connectivity index (χ2n) is 5.63. The lowest BCUT2D eigenvalue weighted by Gasteiger charge is -2.34. The molecule has 3 heteroatoms. The number of aryl methyl sites for hydroxylation is 1. The van der Waals surface area contributed by atoms with E-state index in [1.165, 1.54) is 0 Å². The summed E-state index contributed by atoms with van der Waals surface area (Å²) in [5.74, 6) is 1.40. The highest BCUT2D eigenvalue weighted by molar-refractivity contribution is 6.07. The number of fused-ring (bicyclic) bond motifs is 1. The number of benzene rings is 2. The first-order valence-corrected chi connectivity index (χ1v) is 6.98. The Bertz CT molecular complexity index is 705. The zero-order valence-corrected chi connectivity index (χ0v) is 12.5. The van der Waals surface area contributed by atoms with E-state index in [1.807, 2.05) is 38.1 Å². The third-order valence-corrected chi connectivity index (χ3v) is 4.19. The van der Waals surface area contributed by atoms with Gasteiger partial charge in [0.15, 0.2) is 5.78 Å². The molecular weight excluding hydrogens is 264 g/mol. The molecule has 0 bridgehead atoms. The third kappa shape index (κ3) is 2.09. The predicted octanol–water partition coefficient (Wildman–Crippen LogP) is 3.54. The lowest BCUT2D eigenvalue weighted by atomic mass is 9.74. The van der Waals surface area contributed by atoms with Crippen molar-refractivity contribution in [3.05, 3.63) is 59.2 Å². The van der Waals surface area contributed by atoms with Gasteiger partial charge in [0.05, 0.1) is 18.1 Å². The SMILES string of the molecule is COc1ccc2c(c1)OCC(C)(c1ccccc1C)C2=O. The molecule has 3 nitrogen and oxygen atoms in total. The lowest BCUT2D eigenvalue weighted by Crippen LogP contribution is -2.42. The van der Waals surface area contributed by atoms with Crippen molar-refractivity contribution in [1.82, 2.24) is 0 Å². The van der Waals surface area contributed by atoms with Crippen molar-refractivity contribution < 1.29 is 14.3 Å². The summed E-state index contributed by atoms with van der Waals surface area (Å²) in [7, 11) is 1.60. The van der Waals surface area contributed by atoms with Crippen LogP contribution >= 0.6 is 0 Å². The highest BCUT2D eigenvalue weighted by atomic mass is 16.5. The minimum atomic E-state index is -0.646. The molecule has 1 aliphatic rings. The van der Waals surface area contributed by atoms with Crippen LogP contribution in [0.15, 0.2) is 42.5 Å². The van der Waals surface area contributed by atoms with Gasteiger partial charge in [-0.3, -0.25) is 4.79 Å². The first-order valence-electron chi connectivity index (χ1n) is 6.98. The molecule has 0 saturated carbocycles. The maximum absolute atomic E-state index is 13.0. The zero-order chi connectivity index (χ0) is 15.0. The first kappa shape index (κ1) is 13.7. The molecular formula is C18H18O3. The van der Waals surface area contributed by atoms with Gasteiger partial charge in [0, 0.05) is 6.07 Å². The molecule has 0 fully saturated rings. The van der Waals surface area contributed by atoms with Crippen LogP contribution in [0.1, 0.15) is 28.4 Å². The van der Waals surface area contributed by atoms with Crippen LogP contribution in [-0.4, -0.2) is 19.5 Å². The molecule has 1 unspecified atom stereocenters. The summed E-state index contributed by atoms with van der Waals surface area (Å²) < 4.78 is 11.0. The zero-order valence-electron chi connectivity index (χ0n) is 12.5. The van der Waals surface area contributed by atoms with Crippen LogP contribution in [0.5, 0.6) is 11.5 Å². The van der Waals surface area contributed by atoms with Crippen LogP contribution in [0, 0.1) is 6.92 Å². The number of hydrogen-bond acceptors (Lipinski definition) is 3. The van der Waals surface area contributed by atoms with E-state index in [0.717, 1.165) is 11.1 Å². The summed E-state index contributed by atoms with van der Waals surface area (Å²) in [6.45, 7) is 4.32. The van der Waals surface area contributed by atoms with Gasteiger partial charge in [0.1, 0.15) is 18.1 Å². The van der Waals surface area contributed by atoms with Gasteiger partial charge in [-0.25, -0.2) is 0 Å². The van der Waals surface area contributed by atoms with Crippen LogP contribution in [0.3, 0.4) is 0 Å². The standard InChI is InChI=1S/C18H18O3/c1-12-6-4-5-7-15(12)18(2)11-21-16-10-13(20-3)8-9-14(16)17(18)19/h4-10H,11H2,1-3H3. The Hall–Kier alpha value is -2.29. The number of carbonyl (C=O) groups is 1. The minimum absolute atomic E-state index is 0.0979. The molecule has 2 aromatic rings. The van der Waals surface area contributed by atoms with Gasteiger partial charge in [-0.05, 0) is 37.1 Å². The maximum atomic E-state index is 13.0. The van der Waals surface area contributed by atoms with Gasteiger partial charge >= 0.3 is 0 Å². The molecule has 2 aromatic carbocycles. The molecule has 21 heavy (non-hydrogen) atoms. The fourth-order valence-electron chi connectivity index (χ4n) is 2.91. The summed E-state index contributed by atoms with van der Waals surface area (Å²) >= 11 is 0. The monoisotopic (exact) mass is 282 g/mol. The average Bonchev–Trinajstić information content (AvgIpc) is 2.51. The summed E-state index contributed by atoms with van der Waals surface area (Å²) in [6, 6.07) is 13.3. The predicted molar refractivity (Wildman–Crippen MR) is 81.4 cm³/mol. The Labute approximate surface area is 124 Å². The van der Waals surface area contributed by atoms with Crippen molar-refractivity contribution in [1.29, 1.82) is 0 Å². The molecule has 0 amide bonds. The molecule has 1 aliphatic heterocycles. The molecule has 3 rings (SSSR count). The van der Waals surface area contributed by atoms with Crippen molar-refractivity contribution in [2.75, 3.05) is 13.7 Å². The summed E-state index contributed by atoms with van der Waals surface area (Å²) in [5.41, 5.74) is 2.10. The van der Waals surface area contributed by atoms with Crippen LogP contribution in [0.4, 0.5) is 0 Å². The van der Waals surface area contributed by atoms with Crippen LogP contribution in [0.25, 0.3) is 0 Å². The number of hydrogen-bond donors (Lipinski definition) is 0. The fourth-order valence-corrected chi connectivity index (χ4v) is 2.91. The Morgan fingerprint density at radius 2 is 1.95 bits per heavy atom.